The van der Waals surface area contributed by atoms with Gasteiger partial charge in [-0.05, 0) is 38.2 Å². The minimum atomic E-state index is -0.597. The van der Waals surface area contributed by atoms with Crippen LogP contribution in [0.1, 0.15) is 44.6 Å². The fraction of sp³-hybridized carbons (Fsp3) is 0.714. The van der Waals surface area contributed by atoms with Gasteiger partial charge >= 0.3 is 0 Å². The molecule has 0 aliphatic carbocycles. The van der Waals surface area contributed by atoms with Crippen molar-refractivity contribution in [2.24, 2.45) is 0 Å². The van der Waals surface area contributed by atoms with E-state index >= 15 is 0 Å². The molecule has 3 saturated heterocycles. The van der Waals surface area contributed by atoms with Gasteiger partial charge in [0, 0.05) is 19.6 Å². The van der Waals surface area contributed by atoms with Gasteiger partial charge in [0.1, 0.15) is 12.2 Å². The third kappa shape index (κ3) is 3.82. The van der Waals surface area contributed by atoms with E-state index in [1.54, 1.807) is 0 Å². The lowest BCUT2D eigenvalue weighted by Gasteiger charge is -2.51. The third-order valence-corrected chi connectivity index (χ3v) is 5.98. The molecule has 0 amide bonds. The Morgan fingerprint density at radius 1 is 1.12 bits per heavy atom. The summed E-state index contributed by atoms with van der Waals surface area (Å²) in [7, 11) is 0. The Bertz CT molecular complexity index is 579. The van der Waals surface area contributed by atoms with Crippen LogP contribution in [0.3, 0.4) is 0 Å². The molecular formula is C21H30O5. The fourth-order valence-electron chi connectivity index (χ4n) is 4.52. The number of rotatable bonds is 4. The van der Waals surface area contributed by atoms with Crippen LogP contribution < -0.4 is 0 Å². The first-order valence-corrected chi connectivity index (χ1v) is 9.90. The molecule has 0 spiro atoms. The van der Waals surface area contributed by atoms with Crippen molar-refractivity contribution in [3.05, 3.63) is 35.9 Å². The van der Waals surface area contributed by atoms with E-state index in [9.17, 15) is 5.11 Å². The first-order chi connectivity index (χ1) is 12.7. The fourth-order valence-corrected chi connectivity index (χ4v) is 4.52. The van der Waals surface area contributed by atoms with E-state index in [1.807, 2.05) is 18.2 Å². The van der Waals surface area contributed by atoms with Crippen molar-refractivity contribution in [2.45, 2.75) is 81.8 Å². The Kier molecular flexibility index (Phi) is 5.62. The standard InChI is InChI=1S/C21H30O5/c1-21-13-16(22)19(26-18(21)10-6-12-25-21)20-17(9-5-11-23-20)24-14-15-7-3-2-4-8-15/h2-4,7-8,16-20,22H,5-6,9-14H2,1H3/t16-,17+,18+,19-,20+,21-/m1/s1. The largest absolute Gasteiger partial charge is 0.390 e. The van der Waals surface area contributed by atoms with Gasteiger partial charge in [0.15, 0.2) is 0 Å². The molecule has 26 heavy (non-hydrogen) atoms. The van der Waals surface area contributed by atoms with Crippen molar-refractivity contribution < 1.29 is 24.1 Å². The summed E-state index contributed by atoms with van der Waals surface area (Å²) in [5.74, 6) is 0. The van der Waals surface area contributed by atoms with Gasteiger partial charge in [-0.1, -0.05) is 30.3 Å². The molecule has 0 radical (unpaired) electrons. The highest BCUT2D eigenvalue weighted by molar-refractivity contribution is 5.13. The van der Waals surface area contributed by atoms with Gasteiger partial charge < -0.3 is 24.1 Å². The Morgan fingerprint density at radius 3 is 2.77 bits per heavy atom. The maximum Gasteiger partial charge on any atom is 0.113 e. The number of hydrogen-bond acceptors (Lipinski definition) is 5. The van der Waals surface area contributed by atoms with Gasteiger partial charge in [0.25, 0.3) is 0 Å². The highest BCUT2D eigenvalue weighted by atomic mass is 16.6. The van der Waals surface area contributed by atoms with Gasteiger partial charge in [0.2, 0.25) is 0 Å². The number of aliphatic hydroxyl groups is 1. The average molecular weight is 362 g/mol. The quantitative estimate of drug-likeness (QED) is 0.893. The van der Waals surface area contributed by atoms with E-state index in [4.69, 9.17) is 18.9 Å². The van der Waals surface area contributed by atoms with Crippen molar-refractivity contribution >= 4 is 0 Å². The topological polar surface area (TPSA) is 57.2 Å². The molecule has 0 unspecified atom stereocenters. The molecule has 6 atom stereocenters. The molecule has 0 saturated carbocycles. The maximum atomic E-state index is 10.8. The molecule has 1 aromatic carbocycles. The second-order valence-electron chi connectivity index (χ2n) is 7.98. The summed E-state index contributed by atoms with van der Waals surface area (Å²) < 4.78 is 24.5. The van der Waals surface area contributed by atoms with Crippen LogP contribution in [0.15, 0.2) is 30.3 Å². The van der Waals surface area contributed by atoms with Crippen LogP contribution in [0, 0.1) is 0 Å². The number of fused-ring (bicyclic) bond motifs is 1. The van der Waals surface area contributed by atoms with Crippen molar-refractivity contribution in [1.29, 1.82) is 0 Å². The van der Waals surface area contributed by atoms with Crippen LogP contribution in [0.5, 0.6) is 0 Å². The Hall–Kier alpha value is -0.980. The summed E-state index contributed by atoms with van der Waals surface area (Å²) in [4.78, 5) is 0. The first-order valence-electron chi connectivity index (χ1n) is 9.90. The molecular weight excluding hydrogens is 332 g/mol. The molecule has 3 heterocycles. The second-order valence-corrected chi connectivity index (χ2v) is 7.98. The smallest absolute Gasteiger partial charge is 0.113 e. The predicted molar refractivity (Wildman–Crippen MR) is 96.9 cm³/mol. The highest BCUT2D eigenvalue weighted by Gasteiger charge is 2.51. The second kappa shape index (κ2) is 7.95. The molecule has 1 N–H and O–H groups in total. The maximum absolute atomic E-state index is 10.8. The number of benzene rings is 1. The lowest BCUT2D eigenvalue weighted by molar-refractivity contribution is -0.281. The van der Waals surface area contributed by atoms with Crippen LogP contribution in [-0.2, 0) is 25.6 Å². The molecule has 144 valence electrons. The van der Waals surface area contributed by atoms with Crippen molar-refractivity contribution in [1.82, 2.24) is 0 Å². The Morgan fingerprint density at radius 2 is 1.92 bits per heavy atom. The van der Waals surface area contributed by atoms with E-state index in [1.165, 1.54) is 0 Å². The summed E-state index contributed by atoms with van der Waals surface area (Å²) in [5, 5.41) is 10.8. The Balaban J connectivity index is 1.43. The molecule has 4 rings (SSSR count). The summed E-state index contributed by atoms with van der Waals surface area (Å²) in [6, 6.07) is 10.2. The van der Waals surface area contributed by atoms with Gasteiger partial charge in [-0.25, -0.2) is 0 Å². The zero-order chi connectivity index (χ0) is 18.0. The zero-order valence-electron chi connectivity index (χ0n) is 15.5. The summed E-state index contributed by atoms with van der Waals surface area (Å²) in [5.41, 5.74) is 0.763. The number of aliphatic hydroxyl groups excluding tert-OH is 1. The minimum absolute atomic E-state index is 0.0185. The monoisotopic (exact) mass is 362 g/mol. The first kappa shape index (κ1) is 18.4. The molecule has 3 fully saturated rings. The molecule has 5 heteroatoms. The molecule has 1 aromatic rings. The zero-order valence-corrected chi connectivity index (χ0v) is 15.5. The molecule has 0 bridgehead atoms. The molecule has 3 aliphatic rings. The predicted octanol–water partition coefficient (Wildman–Crippen LogP) is 2.84. The van der Waals surface area contributed by atoms with Gasteiger partial charge in [-0.2, -0.15) is 0 Å². The van der Waals surface area contributed by atoms with Crippen molar-refractivity contribution in [3.8, 4) is 0 Å². The highest BCUT2D eigenvalue weighted by Crippen LogP contribution is 2.40. The van der Waals surface area contributed by atoms with Crippen molar-refractivity contribution in [3.63, 3.8) is 0 Å². The summed E-state index contributed by atoms with van der Waals surface area (Å²) >= 11 is 0. The van der Waals surface area contributed by atoms with Crippen molar-refractivity contribution in [2.75, 3.05) is 13.2 Å². The normalized spacial score (nSPS) is 40.8. The van der Waals surface area contributed by atoms with Gasteiger partial charge in [-0.15, -0.1) is 0 Å². The third-order valence-electron chi connectivity index (χ3n) is 5.98. The minimum Gasteiger partial charge on any atom is -0.390 e. The van der Waals surface area contributed by atoms with Crippen LogP contribution >= 0.6 is 0 Å². The van der Waals surface area contributed by atoms with E-state index < -0.39 is 6.10 Å². The number of hydrogen-bond donors (Lipinski definition) is 1. The summed E-state index contributed by atoms with van der Waals surface area (Å²) in [6.45, 7) is 4.05. The van der Waals surface area contributed by atoms with E-state index in [2.05, 4.69) is 19.1 Å². The van der Waals surface area contributed by atoms with Crippen LogP contribution in [0.2, 0.25) is 0 Å². The van der Waals surface area contributed by atoms with Crippen LogP contribution in [0.25, 0.3) is 0 Å². The molecule has 5 nitrogen and oxygen atoms in total. The molecule has 3 aliphatic heterocycles. The van der Waals surface area contributed by atoms with E-state index in [0.717, 1.165) is 37.9 Å². The van der Waals surface area contributed by atoms with E-state index in [-0.39, 0.29) is 30.0 Å². The summed E-state index contributed by atoms with van der Waals surface area (Å²) in [6.07, 6.45) is 3.26. The van der Waals surface area contributed by atoms with Gasteiger partial charge in [0.05, 0.1) is 30.5 Å². The SMILES string of the molecule is C[C@@]12C[C@@H](O)[C@H]([C@H]3OCCC[C@@H]3OCc3ccccc3)O[C@H]1CCCO2. The lowest BCUT2D eigenvalue weighted by atomic mass is 9.80. The average Bonchev–Trinajstić information content (AvgIpc) is 2.66. The van der Waals surface area contributed by atoms with Gasteiger partial charge in [-0.3, -0.25) is 0 Å². The van der Waals surface area contributed by atoms with Crippen LogP contribution in [0.4, 0.5) is 0 Å². The Labute approximate surface area is 155 Å². The van der Waals surface area contributed by atoms with Crippen LogP contribution in [-0.4, -0.2) is 54.4 Å². The molecule has 0 aromatic heterocycles. The number of ether oxygens (including phenoxy) is 4. The van der Waals surface area contributed by atoms with E-state index in [0.29, 0.717) is 19.6 Å². The lowest BCUT2D eigenvalue weighted by Crippen LogP contribution is -2.62.